The van der Waals surface area contributed by atoms with Crippen molar-refractivity contribution in [3.8, 4) is 0 Å². The number of carbonyl (C=O) groups is 1. The second kappa shape index (κ2) is 4.63. The molecule has 5 nitrogen and oxygen atoms in total. The van der Waals surface area contributed by atoms with Gasteiger partial charge in [-0.05, 0) is 34.1 Å². The zero-order valence-electron chi connectivity index (χ0n) is 7.87. The lowest BCUT2D eigenvalue weighted by molar-refractivity contribution is 0.101. The Morgan fingerprint density at radius 1 is 1.50 bits per heavy atom. The van der Waals surface area contributed by atoms with Crippen molar-refractivity contribution >= 4 is 39.1 Å². The molecule has 2 N–H and O–H groups in total. The zero-order chi connectivity index (χ0) is 11.5. The topological polar surface area (TPSA) is 70.7 Å². The van der Waals surface area contributed by atoms with E-state index in [1.54, 1.807) is 18.2 Å². The molecule has 82 valence electrons. The summed E-state index contributed by atoms with van der Waals surface area (Å²) >= 11 is 9.15. The van der Waals surface area contributed by atoms with Crippen LogP contribution in [0.3, 0.4) is 0 Å². The molecule has 0 spiro atoms. The van der Waals surface area contributed by atoms with Crippen LogP contribution < -0.4 is 5.32 Å². The van der Waals surface area contributed by atoms with Gasteiger partial charge in [-0.15, -0.1) is 0 Å². The second-order valence-corrected chi connectivity index (χ2v) is 4.18. The van der Waals surface area contributed by atoms with Crippen molar-refractivity contribution in [2.45, 2.75) is 0 Å². The van der Waals surface area contributed by atoms with Gasteiger partial charge in [0.05, 0.1) is 5.02 Å². The summed E-state index contributed by atoms with van der Waals surface area (Å²) in [4.78, 5) is 15.3. The number of hydrogen-bond acceptors (Lipinski definition) is 3. The van der Waals surface area contributed by atoms with Crippen LogP contribution in [0.5, 0.6) is 0 Å². The maximum Gasteiger partial charge on any atom is 0.292 e. The smallest absolute Gasteiger partial charge is 0.292 e. The Hall–Kier alpha value is -1.40. The third-order valence-corrected chi connectivity index (χ3v) is 3.04. The highest BCUT2D eigenvalue weighted by Gasteiger charge is 2.09. The van der Waals surface area contributed by atoms with E-state index >= 15 is 0 Å². The normalized spacial score (nSPS) is 10.1. The minimum absolute atomic E-state index is 0.152. The van der Waals surface area contributed by atoms with E-state index in [1.807, 2.05) is 0 Å². The van der Waals surface area contributed by atoms with Gasteiger partial charge in [-0.1, -0.05) is 11.6 Å². The van der Waals surface area contributed by atoms with Crippen LogP contribution in [-0.2, 0) is 0 Å². The first kappa shape index (κ1) is 11.1. The Morgan fingerprint density at radius 2 is 2.31 bits per heavy atom. The number of aromatic amines is 1. The average Bonchev–Trinajstić information content (AvgIpc) is 2.77. The molecule has 1 aromatic carbocycles. The van der Waals surface area contributed by atoms with Crippen molar-refractivity contribution in [2.24, 2.45) is 0 Å². The highest BCUT2D eigenvalue weighted by Crippen LogP contribution is 2.25. The standard InChI is InChI=1S/C9H6BrClN4O/c10-6-2-1-5(3-7(6)11)14-9(16)8-12-4-13-15-8/h1-4H,(H,14,16)(H,12,13,15). The van der Waals surface area contributed by atoms with Crippen LogP contribution in [0.15, 0.2) is 29.0 Å². The molecule has 0 fully saturated rings. The van der Waals surface area contributed by atoms with Crippen molar-refractivity contribution < 1.29 is 4.79 Å². The highest BCUT2D eigenvalue weighted by atomic mass is 79.9. The fraction of sp³-hybridized carbons (Fsp3) is 0. The molecule has 0 bridgehead atoms. The van der Waals surface area contributed by atoms with Crippen LogP contribution in [0.25, 0.3) is 0 Å². The van der Waals surface area contributed by atoms with Gasteiger partial charge in [0.25, 0.3) is 5.91 Å². The number of nitrogens with one attached hydrogen (secondary N) is 2. The molecule has 7 heteroatoms. The van der Waals surface area contributed by atoms with Crippen molar-refractivity contribution in [3.63, 3.8) is 0 Å². The molecule has 0 atom stereocenters. The maximum absolute atomic E-state index is 11.6. The van der Waals surface area contributed by atoms with Crippen molar-refractivity contribution in [3.05, 3.63) is 39.8 Å². The van der Waals surface area contributed by atoms with Crippen LogP contribution >= 0.6 is 27.5 Å². The molecule has 1 aromatic heterocycles. The van der Waals surface area contributed by atoms with E-state index in [2.05, 4.69) is 36.4 Å². The lowest BCUT2D eigenvalue weighted by atomic mass is 10.3. The summed E-state index contributed by atoms with van der Waals surface area (Å²) in [5.41, 5.74) is 0.592. The molecule has 1 amide bonds. The molecule has 2 aromatic rings. The van der Waals surface area contributed by atoms with Gasteiger partial charge in [-0.25, -0.2) is 4.98 Å². The molecule has 0 aliphatic carbocycles. The summed E-state index contributed by atoms with van der Waals surface area (Å²) in [6.45, 7) is 0. The minimum atomic E-state index is -0.365. The van der Waals surface area contributed by atoms with Crippen LogP contribution in [0.4, 0.5) is 5.69 Å². The highest BCUT2D eigenvalue weighted by molar-refractivity contribution is 9.10. The van der Waals surface area contributed by atoms with E-state index in [9.17, 15) is 4.79 Å². The number of nitrogens with zero attached hydrogens (tertiary/aromatic N) is 2. The van der Waals surface area contributed by atoms with Gasteiger partial charge in [0.1, 0.15) is 6.33 Å². The summed E-state index contributed by atoms with van der Waals surface area (Å²) in [5.74, 6) is -0.213. The molecule has 1 heterocycles. The van der Waals surface area contributed by atoms with E-state index in [0.29, 0.717) is 10.7 Å². The lowest BCUT2D eigenvalue weighted by Crippen LogP contribution is -2.13. The fourth-order valence-corrected chi connectivity index (χ4v) is 1.51. The van der Waals surface area contributed by atoms with Gasteiger partial charge in [0.15, 0.2) is 0 Å². The number of rotatable bonds is 2. The van der Waals surface area contributed by atoms with Crippen molar-refractivity contribution in [1.82, 2.24) is 15.2 Å². The summed E-state index contributed by atoms with van der Waals surface area (Å²) < 4.78 is 0.770. The Balaban J connectivity index is 2.15. The number of amides is 1. The predicted molar refractivity (Wildman–Crippen MR) is 63.5 cm³/mol. The summed E-state index contributed by atoms with van der Waals surface area (Å²) in [6.07, 6.45) is 1.27. The SMILES string of the molecule is O=C(Nc1ccc(Br)c(Cl)c1)c1ncn[nH]1. The van der Waals surface area contributed by atoms with Crippen LogP contribution in [0, 0.1) is 0 Å². The number of H-pyrrole nitrogens is 1. The van der Waals surface area contributed by atoms with Gasteiger partial charge in [-0.2, -0.15) is 5.10 Å². The Labute approximate surface area is 104 Å². The average molecular weight is 302 g/mol. The summed E-state index contributed by atoms with van der Waals surface area (Å²) in [6, 6.07) is 5.11. The molecule has 0 radical (unpaired) electrons. The van der Waals surface area contributed by atoms with E-state index in [0.717, 1.165) is 4.47 Å². The first-order valence-electron chi connectivity index (χ1n) is 4.28. The number of halogens is 2. The van der Waals surface area contributed by atoms with Gasteiger partial charge >= 0.3 is 0 Å². The van der Waals surface area contributed by atoms with E-state index in [-0.39, 0.29) is 11.7 Å². The molecule has 0 saturated carbocycles. The molecule has 0 aliphatic rings. The van der Waals surface area contributed by atoms with Crippen molar-refractivity contribution in [2.75, 3.05) is 5.32 Å². The van der Waals surface area contributed by atoms with Crippen LogP contribution in [0.1, 0.15) is 10.6 Å². The zero-order valence-corrected chi connectivity index (χ0v) is 10.2. The van der Waals surface area contributed by atoms with Crippen LogP contribution in [-0.4, -0.2) is 21.1 Å². The van der Waals surface area contributed by atoms with Gasteiger partial charge in [0, 0.05) is 10.2 Å². The maximum atomic E-state index is 11.6. The fourth-order valence-electron chi connectivity index (χ4n) is 1.08. The molecule has 0 unspecified atom stereocenters. The largest absolute Gasteiger partial charge is 0.319 e. The molecule has 0 aliphatic heterocycles. The number of anilines is 1. The monoisotopic (exact) mass is 300 g/mol. The molecular weight excluding hydrogens is 295 g/mol. The Bertz CT molecular complexity index is 514. The van der Waals surface area contributed by atoms with Gasteiger partial charge in [-0.3, -0.25) is 9.89 Å². The minimum Gasteiger partial charge on any atom is -0.319 e. The van der Waals surface area contributed by atoms with E-state index in [4.69, 9.17) is 11.6 Å². The third kappa shape index (κ3) is 2.40. The van der Waals surface area contributed by atoms with Crippen LogP contribution in [0.2, 0.25) is 5.02 Å². The second-order valence-electron chi connectivity index (χ2n) is 2.92. The quantitative estimate of drug-likeness (QED) is 0.895. The number of benzene rings is 1. The summed E-state index contributed by atoms with van der Waals surface area (Å²) in [7, 11) is 0. The number of hydrogen-bond donors (Lipinski definition) is 2. The molecule has 2 rings (SSSR count). The number of carbonyl (C=O) groups excluding carboxylic acids is 1. The lowest BCUT2D eigenvalue weighted by Gasteiger charge is -2.04. The molecular formula is C9H6BrClN4O. The molecule has 0 saturated heterocycles. The van der Waals surface area contributed by atoms with E-state index in [1.165, 1.54) is 6.33 Å². The Morgan fingerprint density at radius 3 is 2.94 bits per heavy atom. The first-order valence-corrected chi connectivity index (χ1v) is 5.45. The third-order valence-electron chi connectivity index (χ3n) is 1.81. The first-order chi connectivity index (χ1) is 7.66. The van der Waals surface area contributed by atoms with Crippen molar-refractivity contribution in [1.29, 1.82) is 0 Å². The van der Waals surface area contributed by atoms with E-state index < -0.39 is 0 Å². The van der Waals surface area contributed by atoms with Gasteiger partial charge < -0.3 is 5.32 Å². The Kier molecular flexibility index (Phi) is 3.21. The predicted octanol–water partition coefficient (Wildman–Crippen LogP) is 2.47. The summed E-state index contributed by atoms with van der Waals surface area (Å²) in [5, 5.41) is 9.21. The molecule has 16 heavy (non-hydrogen) atoms. The van der Waals surface area contributed by atoms with Gasteiger partial charge in [0.2, 0.25) is 5.82 Å². The number of aromatic nitrogens is 3.